The molecular formula is C14H20N2O4. The Labute approximate surface area is 118 Å². The molecule has 3 N–H and O–H groups in total. The molecule has 0 saturated carbocycles. The van der Waals surface area contributed by atoms with Gasteiger partial charge in [0.15, 0.2) is 0 Å². The molecule has 1 aromatic rings. The van der Waals surface area contributed by atoms with Crippen LogP contribution in [0, 0.1) is 0 Å². The fourth-order valence-corrected chi connectivity index (χ4v) is 1.69. The van der Waals surface area contributed by atoms with E-state index in [1.54, 1.807) is 7.05 Å². The van der Waals surface area contributed by atoms with Gasteiger partial charge in [0.05, 0.1) is 0 Å². The van der Waals surface area contributed by atoms with Crippen LogP contribution in [0.1, 0.15) is 12.0 Å². The standard InChI is InChI=1S/C14H20N2O4/c1-16(9-7-11-5-3-2-4-6-11)14(20)15-12(8-10-17)13(18)19/h2-6,12,17H,7-10H2,1H3,(H,15,20)(H,18,19)/t12-/m0/s1. The van der Waals surface area contributed by atoms with Crippen molar-refractivity contribution in [3.8, 4) is 0 Å². The number of nitrogens with one attached hydrogen (secondary N) is 1. The summed E-state index contributed by atoms with van der Waals surface area (Å²) in [6, 6.07) is 8.20. The number of nitrogens with zero attached hydrogens (tertiary/aromatic N) is 1. The Balaban J connectivity index is 2.44. The van der Waals surface area contributed by atoms with E-state index in [9.17, 15) is 9.59 Å². The first-order valence-corrected chi connectivity index (χ1v) is 6.43. The number of aliphatic hydroxyl groups is 1. The van der Waals surface area contributed by atoms with Crippen molar-refractivity contribution in [2.24, 2.45) is 0 Å². The molecule has 0 aliphatic heterocycles. The Hall–Kier alpha value is -2.08. The van der Waals surface area contributed by atoms with E-state index in [1.807, 2.05) is 30.3 Å². The predicted molar refractivity (Wildman–Crippen MR) is 74.4 cm³/mol. The molecule has 0 aliphatic carbocycles. The molecule has 0 bridgehead atoms. The van der Waals surface area contributed by atoms with E-state index in [0.717, 1.165) is 5.56 Å². The highest BCUT2D eigenvalue weighted by molar-refractivity contribution is 5.82. The van der Waals surface area contributed by atoms with Gasteiger partial charge in [-0.1, -0.05) is 30.3 Å². The van der Waals surface area contributed by atoms with Gasteiger partial charge < -0.3 is 20.4 Å². The van der Waals surface area contributed by atoms with Crippen molar-refractivity contribution < 1.29 is 19.8 Å². The molecule has 6 nitrogen and oxygen atoms in total. The number of hydrogen-bond acceptors (Lipinski definition) is 3. The van der Waals surface area contributed by atoms with Crippen LogP contribution in [0.3, 0.4) is 0 Å². The van der Waals surface area contributed by atoms with Crippen LogP contribution in [-0.4, -0.2) is 53.4 Å². The minimum Gasteiger partial charge on any atom is -0.480 e. The van der Waals surface area contributed by atoms with Gasteiger partial charge in [-0.3, -0.25) is 0 Å². The predicted octanol–water partition coefficient (Wildman–Crippen LogP) is 0.706. The third-order valence-corrected chi connectivity index (χ3v) is 2.94. The second-order valence-electron chi connectivity index (χ2n) is 4.51. The lowest BCUT2D eigenvalue weighted by atomic mass is 10.1. The number of hydrogen-bond donors (Lipinski definition) is 3. The molecule has 2 amide bonds. The molecule has 20 heavy (non-hydrogen) atoms. The summed E-state index contributed by atoms with van der Waals surface area (Å²) in [5.74, 6) is -1.15. The van der Waals surface area contributed by atoms with Crippen molar-refractivity contribution >= 4 is 12.0 Å². The summed E-state index contributed by atoms with van der Waals surface area (Å²) in [6.07, 6.45) is 0.691. The number of carbonyl (C=O) groups is 2. The molecule has 1 atom stereocenters. The van der Waals surface area contributed by atoms with E-state index < -0.39 is 18.0 Å². The lowest BCUT2D eigenvalue weighted by Gasteiger charge is -2.21. The van der Waals surface area contributed by atoms with Gasteiger partial charge in [0.25, 0.3) is 0 Å². The summed E-state index contributed by atoms with van der Waals surface area (Å²) in [7, 11) is 1.61. The summed E-state index contributed by atoms with van der Waals surface area (Å²) in [5.41, 5.74) is 1.11. The van der Waals surface area contributed by atoms with Crippen molar-refractivity contribution in [3.63, 3.8) is 0 Å². The van der Waals surface area contributed by atoms with Gasteiger partial charge >= 0.3 is 12.0 Å². The molecule has 0 unspecified atom stereocenters. The number of carbonyl (C=O) groups excluding carboxylic acids is 1. The number of carboxylic acid groups (broad SMARTS) is 1. The molecule has 0 aliphatic rings. The van der Waals surface area contributed by atoms with Crippen LogP contribution in [-0.2, 0) is 11.2 Å². The van der Waals surface area contributed by atoms with Crippen molar-refractivity contribution in [2.45, 2.75) is 18.9 Å². The highest BCUT2D eigenvalue weighted by Gasteiger charge is 2.20. The molecular weight excluding hydrogens is 260 g/mol. The van der Waals surface area contributed by atoms with Crippen LogP contribution < -0.4 is 5.32 Å². The molecule has 1 rings (SSSR count). The van der Waals surface area contributed by atoms with E-state index in [1.165, 1.54) is 4.90 Å². The molecule has 0 spiro atoms. The highest BCUT2D eigenvalue weighted by Crippen LogP contribution is 2.01. The summed E-state index contributed by atoms with van der Waals surface area (Å²) >= 11 is 0. The zero-order valence-electron chi connectivity index (χ0n) is 11.5. The summed E-state index contributed by atoms with van der Waals surface area (Å²) in [5, 5.41) is 20.0. The first-order chi connectivity index (χ1) is 9.54. The third-order valence-electron chi connectivity index (χ3n) is 2.94. The summed E-state index contributed by atoms with van der Waals surface area (Å²) in [4.78, 5) is 24.1. The van der Waals surface area contributed by atoms with Gasteiger partial charge in [-0.25, -0.2) is 9.59 Å². The minimum atomic E-state index is -1.15. The maximum atomic E-state index is 11.8. The summed E-state index contributed by atoms with van der Waals surface area (Å²) in [6.45, 7) is 0.201. The number of rotatable bonds is 7. The van der Waals surface area contributed by atoms with Crippen molar-refractivity contribution in [2.75, 3.05) is 20.2 Å². The van der Waals surface area contributed by atoms with Gasteiger partial charge in [-0.05, 0) is 12.0 Å². The minimum absolute atomic E-state index is 0.00635. The van der Waals surface area contributed by atoms with E-state index >= 15 is 0 Å². The molecule has 0 aromatic heterocycles. The molecule has 1 aromatic carbocycles. The van der Waals surface area contributed by atoms with E-state index in [4.69, 9.17) is 10.2 Å². The van der Waals surface area contributed by atoms with E-state index in [-0.39, 0.29) is 13.0 Å². The average molecular weight is 280 g/mol. The quantitative estimate of drug-likeness (QED) is 0.686. The Morgan fingerprint density at radius 3 is 2.50 bits per heavy atom. The number of likely N-dealkylation sites (N-methyl/N-ethyl adjacent to an activating group) is 1. The first kappa shape index (κ1) is 16.0. The average Bonchev–Trinajstić information content (AvgIpc) is 2.45. The Morgan fingerprint density at radius 2 is 1.95 bits per heavy atom. The van der Waals surface area contributed by atoms with Gasteiger partial charge in [-0.2, -0.15) is 0 Å². The fraction of sp³-hybridized carbons (Fsp3) is 0.429. The largest absolute Gasteiger partial charge is 0.480 e. The van der Waals surface area contributed by atoms with Gasteiger partial charge in [-0.15, -0.1) is 0 Å². The molecule has 0 fully saturated rings. The van der Waals surface area contributed by atoms with Crippen LogP contribution in [0.15, 0.2) is 30.3 Å². The number of urea groups is 1. The van der Waals surface area contributed by atoms with Gasteiger partial charge in [0.1, 0.15) is 6.04 Å². The molecule has 0 radical (unpaired) electrons. The van der Waals surface area contributed by atoms with Crippen LogP contribution in [0.5, 0.6) is 0 Å². The maximum absolute atomic E-state index is 11.8. The third kappa shape index (κ3) is 5.27. The molecule has 6 heteroatoms. The van der Waals surface area contributed by atoms with Crippen LogP contribution in [0.2, 0.25) is 0 Å². The van der Waals surface area contributed by atoms with E-state index in [2.05, 4.69) is 5.32 Å². The van der Waals surface area contributed by atoms with Crippen LogP contribution in [0.25, 0.3) is 0 Å². The number of aliphatic carboxylic acids is 1. The smallest absolute Gasteiger partial charge is 0.326 e. The van der Waals surface area contributed by atoms with Crippen molar-refractivity contribution in [1.82, 2.24) is 10.2 Å². The zero-order valence-corrected chi connectivity index (χ0v) is 11.5. The number of carboxylic acids is 1. The van der Waals surface area contributed by atoms with Gasteiger partial charge in [0, 0.05) is 26.6 Å². The SMILES string of the molecule is CN(CCc1ccccc1)C(=O)N[C@@H](CCO)C(=O)O. The number of amides is 2. The Morgan fingerprint density at radius 1 is 1.30 bits per heavy atom. The normalized spacial score (nSPS) is 11.7. The van der Waals surface area contributed by atoms with E-state index in [0.29, 0.717) is 13.0 Å². The van der Waals surface area contributed by atoms with Crippen molar-refractivity contribution in [3.05, 3.63) is 35.9 Å². The lowest BCUT2D eigenvalue weighted by Crippen LogP contribution is -2.47. The Kier molecular flexibility index (Phi) is 6.52. The number of benzene rings is 1. The molecule has 110 valence electrons. The molecule has 0 heterocycles. The first-order valence-electron chi connectivity index (χ1n) is 6.43. The maximum Gasteiger partial charge on any atom is 0.326 e. The number of aliphatic hydroxyl groups excluding tert-OH is 1. The second kappa shape index (κ2) is 8.16. The van der Waals surface area contributed by atoms with Gasteiger partial charge in [0.2, 0.25) is 0 Å². The lowest BCUT2D eigenvalue weighted by molar-refractivity contribution is -0.139. The highest BCUT2D eigenvalue weighted by atomic mass is 16.4. The second-order valence-corrected chi connectivity index (χ2v) is 4.51. The zero-order chi connectivity index (χ0) is 15.0. The summed E-state index contributed by atoms with van der Waals surface area (Å²) < 4.78 is 0. The topological polar surface area (TPSA) is 89.9 Å². The van der Waals surface area contributed by atoms with Crippen LogP contribution in [0.4, 0.5) is 4.79 Å². The van der Waals surface area contributed by atoms with Crippen molar-refractivity contribution in [1.29, 1.82) is 0 Å². The molecule has 0 saturated heterocycles. The van der Waals surface area contributed by atoms with Crippen LogP contribution >= 0.6 is 0 Å². The fourth-order valence-electron chi connectivity index (χ4n) is 1.69. The Bertz CT molecular complexity index is 436. The monoisotopic (exact) mass is 280 g/mol.